The maximum absolute atomic E-state index is 6.67. The van der Waals surface area contributed by atoms with Gasteiger partial charge in [0.05, 0.1) is 0 Å². The SMILES string of the molecule is C=Cc1ccc2c(c1)-c1cc(C=C)c[c]([Zr+2]([C]3=CC(C(C)(C)C)=CC3)=[C](c3cccc(Cl)c3)c3cccc(Cl)c3)c1C2.[Cl-].[Cl-]. The van der Waals surface area contributed by atoms with E-state index < -0.39 is 21.3 Å². The van der Waals surface area contributed by atoms with Gasteiger partial charge in [-0.25, -0.2) is 0 Å². The van der Waals surface area contributed by atoms with Crippen LogP contribution in [0.25, 0.3) is 23.3 Å². The summed E-state index contributed by atoms with van der Waals surface area (Å²) in [6, 6.07) is 28.3. The van der Waals surface area contributed by atoms with Crippen LogP contribution in [0.15, 0.2) is 113 Å². The number of hydrogen-bond acceptors (Lipinski definition) is 0. The van der Waals surface area contributed by atoms with Gasteiger partial charge in [0.2, 0.25) is 0 Å². The maximum atomic E-state index is 6.67. The molecular weight excluding hydrogens is 701 g/mol. The summed E-state index contributed by atoms with van der Waals surface area (Å²) in [5.41, 5.74) is 11.7. The molecule has 0 bridgehead atoms. The molecule has 6 rings (SSSR count). The molecule has 0 nitrogen and oxygen atoms in total. The Bertz CT molecular complexity index is 1820. The standard InChI is InChI=1S/C17H13.C13H8Cl2.C9H13.2ClH.Zr/c1-3-12-5-7-14-11-15-8-6-13(4-2)10-17(15)16(14)9-12;14-12-5-1-3-10(8-12)7-11-4-2-6-13(15)9-11;1-9(2,3)8-6-4-5-7-8;;;/h3-7,9-10H,1-2,11H2;1-6,8-9H;6-7H,4H2,1-3H3;2*1H;/q;;;;;+2/p-2. The summed E-state index contributed by atoms with van der Waals surface area (Å²) < 4.78 is 4.48. The monoisotopic (exact) mass is 732 g/mol. The second kappa shape index (κ2) is 14.0. The summed E-state index contributed by atoms with van der Waals surface area (Å²) in [7, 11) is 0. The predicted molar refractivity (Wildman–Crippen MR) is 181 cm³/mol. The third kappa shape index (κ3) is 6.79. The van der Waals surface area contributed by atoms with E-state index in [1.54, 1.807) is 3.28 Å². The zero-order valence-corrected chi connectivity index (χ0v) is 30.6. The number of hydrogen-bond donors (Lipinski definition) is 0. The van der Waals surface area contributed by atoms with E-state index in [2.05, 4.69) is 113 Å². The molecule has 2 aliphatic rings. The Morgan fingerprint density at radius 2 is 1.39 bits per heavy atom. The molecule has 222 valence electrons. The van der Waals surface area contributed by atoms with Crippen molar-refractivity contribution in [2.24, 2.45) is 5.41 Å². The van der Waals surface area contributed by atoms with Gasteiger partial charge in [-0.2, -0.15) is 0 Å². The molecule has 0 N–H and O–H groups in total. The smallest absolute Gasteiger partial charge is 1.00 e. The van der Waals surface area contributed by atoms with Crippen LogP contribution in [0, 0.1) is 5.41 Å². The van der Waals surface area contributed by atoms with Crippen molar-refractivity contribution in [2.45, 2.75) is 33.6 Å². The van der Waals surface area contributed by atoms with E-state index in [0.717, 1.165) is 34.0 Å². The number of halogens is 4. The van der Waals surface area contributed by atoms with E-state index in [4.69, 9.17) is 23.2 Å². The summed E-state index contributed by atoms with van der Waals surface area (Å²) in [5.74, 6) is 0. The molecule has 0 saturated carbocycles. The van der Waals surface area contributed by atoms with Crippen molar-refractivity contribution in [1.82, 2.24) is 0 Å². The van der Waals surface area contributed by atoms with Crippen molar-refractivity contribution in [1.29, 1.82) is 0 Å². The largest absolute Gasteiger partial charge is 1.00 e. The van der Waals surface area contributed by atoms with Gasteiger partial charge in [0, 0.05) is 0 Å². The van der Waals surface area contributed by atoms with Gasteiger partial charge < -0.3 is 24.8 Å². The molecule has 0 radical (unpaired) electrons. The quantitative estimate of drug-likeness (QED) is 0.239. The Kier molecular flexibility index (Phi) is 11.0. The number of benzene rings is 4. The molecule has 0 heterocycles. The molecule has 0 amide bonds. The third-order valence-corrected chi connectivity index (χ3v) is 16.3. The Morgan fingerprint density at radius 3 is 1.93 bits per heavy atom. The van der Waals surface area contributed by atoms with Crippen LogP contribution in [-0.2, 0) is 27.7 Å². The van der Waals surface area contributed by atoms with Gasteiger partial charge in [-0.05, 0) is 0 Å². The molecular formula is C39H34Cl4Zr. The Balaban J connectivity index is 0.00000221. The van der Waals surface area contributed by atoms with Gasteiger partial charge in [0.25, 0.3) is 0 Å². The van der Waals surface area contributed by atoms with Crippen molar-refractivity contribution < 1.29 is 46.1 Å². The van der Waals surface area contributed by atoms with Crippen molar-refractivity contribution >= 4 is 41.8 Å². The molecule has 0 fully saturated rings. The van der Waals surface area contributed by atoms with Crippen molar-refractivity contribution in [3.8, 4) is 11.1 Å². The zero-order valence-electron chi connectivity index (χ0n) is 25.2. The second-order valence-electron chi connectivity index (χ2n) is 12.2. The van der Waals surface area contributed by atoms with Crippen molar-refractivity contribution in [2.75, 3.05) is 0 Å². The molecule has 2 aliphatic carbocycles. The second-order valence-corrected chi connectivity index (χ2v) is 19.0. The molecule has 5 heteroatoms. The van der Waals surface area contributed by atoms with Gasteiger partial charge in [0.1, 0.15) is 0 Å². The van der Waals surface area contributed by atoms with E-state index in [-0.39, 0.29) is 30.2 Å². The Hall–Kier alpha value is -2.25. The van der Waals surface area contributed by atoms with Crippen LogP contribution >= 0.6 is 23.2 Å². The van der Waals surface area contributed by atoms with E-state index >= 15 is 0 Å². The zero-order chi connectivity index (χ0) is 29.6. The van der Waals surface area contributed by atoms with Crippen LogP contribution in [0.4, 0.5) is 0 Å². The van der Waals surface area contributed by atoms with Crippen LogP contribution in [0.3, 0.4) is 0 Å². The van der Waals surface area contributed by atoms with Crippen molar-refractivity contribution in [3.63, 3.8) is 0 Å². The normalized spacial score (nSPS) is 12.8. The summed E-state index contributed by atoms with van der Waals surface area (Å²) in [4.78, 5) is 0. The summed E-state index contributed by atoms with van der Waals surface area (Å²) in [6.07, 6.45) is 10.8. The van der Waals surface area contributed by atoms with Gasteiger partial charge in [-0.3, -0.25) is 0 Å². The first kappa shape index (κ1) is 34.6. The topological polar surface area (TPSA) is 0 Å². The average molecular weight is 736 g/mol. The average Bonchev–Trinajstić information content (AvgIpc) is 3.60. The first-order chi connectivity index (χ1) is 20.2. The van der Waals surface area contributed by atoms with Crippen LogP contribution < -0.4 is 28.1 Å². The van der Waals surface area contributed by atoms with Crippen LogP contribution in [0.2, 0.25) is 10.0 Å². The number of allylic oxidation sites excluding steroid dienone is 4. The maximum Gasteiger partial charge on any atom is -1.00 e. The van der Waals surface area contributed by atoms with Crippen LogP contribution in [0.1, 0.15) is 60.6 Å². The van der Waals surface area contributed by atoms with Gasteiger partial charge >= 0.3 is 270 Å². The van der Waals surface area contributed by atoms with Crippen LogP contribution in [0.5, 0.6) is 0 Å². The van der Waals surface area contributed by atoms with E-state index in [9.17, 15) is 0 Å². The molecule has 0 aromatic heterocycles. The Morgan fingerprint density at radius 1 is 0.773 bits per heavy atom. The number of fused-ring (bicyclic) bond motifs is 3. The summed E-state index contributed by atoms with van der Waals surface area (Å²) in [5, 5.41) is 1.50. The molecule has 4 aromatic carbocycles. The van der Waals surface area contributed by atoms with E-state index in [0.29, 0.717) is 0 Å². The van der Waals surface area contributed by atoms with Crippen LogP contribution in [-0.4, -0.2) is 3.21 Å². The minimum Gasteiger partial charge on any atom is -1.00 e. The first-order valence-electron chi connectivity index (χ1n) is 14.4. The number of rotatable bonds is 6. The predicted octanol–water partition coefficient (Wildman–Crippen LogP) is 4.63. The minimum absolute atomic E-state index is 0. The fourth-order valence-electron chi connectivity index (χ4n) is 6.22. The molecule has 4 aromatic rings. The third-order valence-electron chi connectivity index (χ3n) is 8.34. The summed E-state index contributed by atoms with van der Waals surface area (Å²) >= 11 is 10.4. The molecule has 0 unspecified atom stereocenters. The molecule has 0 aliphatic heterocycles. The fourth-order valence-corrected chi connectivity index (χ4v) is 14.6. The van der Waals surface area contributed by atoms with Crippen molar-refractivity contribution in [3.05, 3.63) is 156 Å². The van der Waals surface area contributed by atoms with Gasteiger partial charge in [0.15, 0.2) is 0 Å². The van der Waals surface area contributed by atoms with Gasteiger partial charge in [-0.15, -0.1) is 0 Å². The summed E-state index contributed by atoms with van der Waals surface area (Å²) in [6.45, 7) is 15.2. The minimum atomic E-state index is -2.91. The molecule has 0 saturated heterocycles. The Labute approximate surface area is 292 Å². The van der Waals surface area contributed by atoms with E-state index in [1.807, 2.05) is 24.3 Å². The van der Waals surface area contributed by atoms with Gasteiger partial charge in [-0.1, -0.05) is 0 Å². The fraction of sp³-hybridized carbons (Fsp3) is 0.154. The van der Waals surface area contributed by atoms with E-state index in [1.165, 1.54) is 45.4 Å². The molecule has 0 atom stereocenters. The molecule has 44 heavy (non-hydrogen) atoms. The molecule has 0 spiro atoms. The first-order valence-corrected chi connectivity index (χ1v) is 18.8.